The Labute approximate surface area is 216 Å². The monoisotopic (exact) mass is 545 g/mol. The summed E-state index contributed by atoms with van der Waals surface area (Å²) in [4.78, 5) is 14.7. The largest absolute Gasteiger partial charge is 0.389 e. The molecular formula is C26H38F3N3O4S. The average molecular weight is 546 g/mol. The van der Waals surface area contributed by atoms with Crippen LogP contribution in [0.5, 0.6) is 0 Å². The standard InChI is InChI=1S/C26H38F3N3O4S/c1-2-21-13-23(31-36-21)24(33)30-20-10-18-11-22-19(12-20)15-25(22,14-18)37(34,35)16-17-4-8-32(9-5-17)7-3-6-26(27,28)29/h13,17-20,22H,2-12,14-16H2,1H3,(H,30,33)/t18?,19-,20+,22?,25?/m1/s1. The highest BCUT2D eigenvalue weighted by Gasteiger charge is 2.67. The summed E-state index contributed by atoms with van der Waals surface area (Å²) in [7, 11) is -3.28. The number of carbonyl (C=O) groups is 1. The van der Waals surface area contributed by atoms with E-state index in [1.54, 1.807) is 6.07 Å². The van der Waals surface area contributed by atoms with Crippen LogP contribution in [0, 0.1) is 23.7 Å². The zero-order valence-corrected chi connectivity index (χ0v) is 22.2. The number of nitrogens with one attached hydrogen (secondary N) is 1. The van der Waals surface area contributed by atoms with E-state index in [-0.39, 0.29) is 41.9 Å². The zero-order valence-electron chi connectivity index (χ0n) is 21.4. The number of nitrogens with zero attached hydrogens (tertiary/aromatic N) is 2. The van der Waals surface area contributed by atoms with E-state index in [4.69, 9.17) is 4.52 Å². The number of aryl methyl sites for hydroxylation is 1. The summed E-state index contributed by atoms with van der Waals surface area (Å²) in [5.74, 6) is 1.50. The number of aromatic nitrogens is 1. The summed E-state index contributed by atoms with van der Waals surface area (Å²) in [6.07, 6.45) is 1.23. The van der Waals surface area contributed by atoms with Gasteiger partial charge >= 0.3 is 6.18 Å². The van der Waals surface area contributed by atoms with Gasteiger partial charge in [-0.25, -0.2) is 8.42 Å². The van der Waals surface area contributed by atoms with Crippen molar-refractivity contribution in [1.29, 1.82) is 0 Å². The molecule has 3 saturated carbocycles. The topological polar surface area (TPSA) is 92.5 Å². The minimum Gasteiger partial charge on any atom is -0.361 e. The average Bonchev–Trinajstić information content (AvgIpc) is 3.36. The van der Waals surface area contributed by atoms with Crippen LogP contribution in [0.15, 0.2) is 10.6 Å². The van der Waals surface area contributed by atoms with Crippen molar-refractivity contribution in [3.63, 3.8) is 0 Å². The molecule has 0 aromatic carbocycles. The lowest BCUT2D eigenvalue weighted by molar-refractivity contribution is -0.136. The van der Waals surface area contributed by atoms with Crippen molar-refractivity contribution < 1.29 is 30.9 Å². The number of fused-ring (bicyclic) bond motifs is 1. The first kappa shape index (κ1) is 27.0. The Morgan fingerprint density at radius 2 is 1.97 bits per heavy atom. The number of rotatable bonds is 9. The maximum Gasteiger partial charge on any atom is 0.389 e. The first-order valence-corrected chi connectivity index (χ1v) is 15.4. The van der Waals surface area contributed by atoms with Crippen LogP contribution in [0.4, 0.5) is 13.2 Å². The molecule has 0 spiro atoms. The van der Waals surface area contributed by atoms with Gasteiger partial charge in [0.1, 0.15) is 5.76 Å². The first-order valence-electron chi connectivity index (χ1n) is 13.8. The summed E-state index contributed by atoms with van der Waals surface area (Å²) >= 11 is 0. The molecule has 0 radical (unpaired) electrons. The quantitative estimate of drug-likeness (QED) is 0.495. The molecule has 4 fully saturated rings. The second kappa shape index (κ2) is 10.2. The van der Waals surface area contributed by atoms with Crippen molar-refractivity contribution in [2.45, 2.75) is 88.1 Å². The summed E-state index contributed by atoms with van der Waals surface area (Å²) in [6, 6.07) is 1.70. The third-order valence-electron chi connectivity index (χ3n) is 9.47. The number of alkyl halides is 3. The van der Waals surface area contributed by atoms with E-state index in [1.807, 2.05) is 11.8 Å². The molecule has 208 valence electrons. The fourth-order valence-electron chi connectivity index (χ4n) is 7.68. The Morgan fingerprint density at radius 1 is 1.22 bits per heavy atom. The molecule has 1 aromatic heterocycles. The normalized spacial score (nSPS) is 32.6. The van der Waals surface area contributed by atoms with Crippen LogP contribution in [-0.4, -0.2) is 66.7 Å². The Hall–Kier alpha value is -1.62. The molecule has 1 aliphatic heterocycles. The third-order valence-corrected chi connectivity index (χ3v) is 12.3. The van der Waals surface area contributed by atoms with Crippen molar-refractivity contribution >= 4 is 15.7 Å². The van der Waals surface area contributed by atoms with E-state index in [9.17, 15) is 26.4 Å². The number of hydrogen-bond donors (Lipinski definition) is 1. The van der Waals surface area contributed by atoms with Gasteiger partial charge in [0.15, 0.2) is 15.5 Å². The number of likely N-dealkylation sites (tertiary alicyclic amines) is 1. The summed E-state index contributed by atoms with van der Waals surface area (Å²) < 4.78 is 69.2. The van der Waals surface area contributed by atoms with E-state index in [2.05, 4.69) is 10.5 Å². The number of halogens is 3. The summed E-state index contributed by atoms with van der Waals surface area (Å²) in [5, 5.41) is 6.98. The Balaban J connectivity index is 1.12. The van der Waals surface area contributed by atoms with E-state index in [0.29, 0.717) is 56.3 Å². The molecule has 5 rings (SSSR count). The molecule has 11 heteroatoms. The summed E-state index contributed by atoms with van der Waals surface area (Å²) in [5.41, 5.74) is 0.295. The Morgan fingerprint density at radius 3 is 2.65 bits per heavy atom. The molecule has 5 atom stereocenters. The van der Waals surface area contributed by atoms with E-state index in [1.165, 1.54) is 0 Å². The van der Waals surface area contributed by atoms with E-state index in [0.717, 1.165) is 32.1 Å². The van der Waals surface area contributed by atoms with Crippen LogP contribution in [0.2, 0.25) is 0 Å². The highest BCUT2D eigenvalue weighted by Crippen LogP contribution is 2.64. The first-order chi connectivity index (χ1) is 17.5. The van der Waals surface area contributed by atoms with Gasteiger partial charge < -0.3 is 14.7 Å². The predicted octanol–water partition coefficient (Wildman–Crippen LogP) is 4.38. The fraction of sp³-hybridized carbons (Fsp3) is 0.846. The van der Waals surface area contributed by atoms with Crippen LogP contribution in [0.1, 0.15) is 81.0 Å². The Bertz CT molecular complexity index is 1080. The molecule has 3 unspecified atom stereocenters. The lowest BCUT2D eigenvalue weighted by Gasteiger charge is -2.52. The maximum atomic E-state index is 13.7. The van der Waals surface area contributed by atoms with Gasteiger partial charge in [0.05, 0.1) is 10.5 Å². The van der Waals surface area contributed by atoms with Crippen LogP contribution in [0.25, 0.3) is 0 Å². The molecule has 1 amide bonds. The highest BCUT2D eigenvalue weighted by molar-refractivity contribution is 7.92. The van der Waals surface area contributed by atoms with Gasteiger partial charge in [0.2, 0.25) is 0 Å². The predicted molar refractivity (Wildman–Crippen MR) is 132 cm³/mol. The SMILES string of the molecule is CCc1cc(C(=O)N[C@H]2CC3CC4[C@H](C2)CC4(S(=O)(=O)CC2CCN(CCCC(F)(F)F)CC2)C3)no1. The second-order valence-corrected chi connectivity index (χ2v) is 14.3. The number of hydrogen-bond acceptors (Lipinski definition) is 6. The summed E-state index contributed by atoms with van der Waals surface area (Å²) in [6.45, 7) is 3.70. The van der Waals surface area contributed by atoms with Crippen LogP contribution >= 0.6 is 0 Å². The molecule has 1 N–H and O–H groups in total. The zero-order chi connectivity index (χ0) is 26.4. The van der Waals surface area contributed by atoms with Gasteiger partial charge in [0.25, 0.3) is 5.91 Å². The lowest BCUT2D eigenvalue weighted by Crippen LogP contribution is -2.59. The molecule has 1 aromatic rings. The van der Waals surface area contributed by atoms with Gasteiger partial charge in [-0.1, -0.05) is 12.1 Å². The minimum absolute atomic E-state index is 0.0250. The Kier molecular flexibility index (Phi) is 7.41. The molecule has 2 heterocycles. The van der Waals surface area contributed by atoms with Crippen molar-refractivity contribution in [2.75, 3.05) is 25.4 Å². The van der Waals surface area contributed by atoms with Crippen molar-refractivity contribution in [3.8, 4) is 0 Å². The molecule has 2 bridgehead atoms. The second-order valence-electron chi connectivity index (χ2n) is 11.9. The molecular weight excluding hydrogens is 507 g/mol. The lowest BCUT2D eigenvalue weighted by atomic mass is 9.63. The number of sulfone groups is 1. The number of piperidine rings is 1. The molecule has 4 aliphatic rings. The maximum absolute atomic E-state index is 13.7. The van der Waals surface area contributed by atoms with Gasteiger partial charge in [-0.3, -0.25) is 4.79 Å². The van der Waals surface area contributed by atoms with Crippen molar-refractivity contribution in [2.24, 2.45) is 23.7 Å². The van der Waals surface area contributed by atoms with Crippen molar-refractivity contribution in [3.05, 3.63) is 17.5 Å². The number of amides is 1. The minimum atomic E-state index is -4.12. The molecule has 1 saturated heterocycles. The van der Waals surface area contributed by atoms with Crippen molar-refractivity contribution in [1.82, 2.24) is 15.4 Å². The molecule has 7 nitrogen and oxygen atoms in total. The number of carbonyl (C=O) groups excluding carboxylic acids is 1. The third kappa shape index (κ3) is 5.58. The molecule has 37 heavy (non-hydrogen) atoms. The van der Waals surface area contributed by atoms with E-state index < -0.39 is 27.2 Å². The van der Waals surface area contributed by atoms with Crippen LogP contribution in [0.3, 0.4) is 0 Å². The molecule has 3 aliphatic carbocycles. The van der Waals surface area contributed by atoms with Gasteiger partial charge in [0, 0.05) is 24.9 Å². The highest BCUT2D eigenvalue weighted by atomic mass is 32.2. The van der Waals surface area contributed by atoms with Gasteiger partial charge in [-0.15, -0.1) is 0 Å². The van der Waals surface area contributed by atoms with E-state index >= 15 is 0 Å². The fourth-order valence-corrected chi connectivity index (χ4v) is 10.7. The van der Waals surface area contributed by atoms with Crippen LogP contribution in [-0.2, 0) is 16.3 Å². The van der Waals surface area contributed by atoms with Gasteiger partial charge in [-0.2, -0.15) is 13.2 Å². The van der Waals surface area contributed by atoms with Crippen LogP contribution < -0.4 is 5.32 Å². The van der Waals surface area contributed by atoms with Gasteiger partial charge in [-0.05, 0) is 94.7 Å². The smallest absolute Gasteiger partial charge is 0.361 e.